The van der Waals surface area contributed by atoms with E-state index < -0.39 is 17.5 Å². The number of hydrogen-bond donors (Lipinski definition) is 2. The first-order valence-electron chi connectivity index (χ1n) is 5.70. The quantitative estimate of drug-likeness (QED) is 0.767. The van der Waals surface area contributed by atoms with Gasteiger partial charge in [0.15, 0.2) is 0 Å². The molecule has 1 saturated heterocycles. The van der Waals surface area contributed by atoms with E-state index in [1.165, 1.54) is 0 Å². The van der Waals surface area contributed by atoms with Gasteiger partial charge in [-0.15, -0.1) is 0 Å². The molecule has 3 heterocycles. The zero-order valence-corrected chi connectivity index (χ0v) is 9.83. The molecule has 3 amide bonds. The molecule has 1 aliphatic heterocycles. The lowest BCUT2D eigenvalue weighted by Gasteiger charge is -2.24. The summed E-state index contributed by atoms with van der Waals surface area (Å²) in [6.07, 6.45) is 3.13. The monoisotopic (exact) mass is 254 g/mol. The lowest BCUT2D eigenvalue weighted by Crippen LogP contribution is -2.46. The topological polar surface area (TPSA) is 84.0 Å². The molecule has 6 heteroatoms. The highest BCUT2D eigenvalue weighted by Gasteiger charge is 2.51. The number of carbonyl (C=O) groups is 2. The fourth-order valence-electron chi connectivity index (χ4n) is 2.12. The van der Waals surface area contributed by atoms with Crippen molar-refractivity contribution in [3.05, 3.63) is 60.2 Å². The van der Waals surface area contributed by atoms with Crippen molar-refractivity contribution < 1.29 is 9.59 Å². The molecule has 6 nitrogen and oxygen atoms in total. The summed E-state index contributed by atoms with van der Waals surface area (Å²) in [6, 6.07) is 9.80. The number of imide groups is 1. The van der Waals surface area contributed by atoms with Crippen LogP contribution in [0.15, 0.2) is 48.8 Å². The molecule has 0 radical (unpaired) electrons. The van der Waals surface area contributed by atoms with Gasteiger partial charge in [-0.25, -0.2) is 4.79 Å². The summed E-state index contributed by atoms with van der Waals surface area (Å²) in [5.74, 6) is -0.477. The van der Waals surface area contributed by atoms with E-state index >= 15 is 0 Å². The SMILES string of the molecule is O=C1NC(=O)C(c2ccccn2)(c2ccccn2)N1. The van der Waals surface area contributed by atoms with Crippen LogP contribution in [0, 0.1) is 0 Å². The summed E-state index contributed by atoms with van der Waals surface area (Å²) in [5, 5.41) is 4.86. The Kier molecular flexibility index (Phi) is 2.49. The highest BCUT2D eigenvalue weighted by Crippen LogP contribution is 2.29. The molecule has 0 aliphatic carbocycles. The van der Waals surface area contributed by atoms with Crippen molar-refractivity contribution in [2.75, 3.05) is 0 Å². The van der Waals surface area contributed by atoms with E-state index in [-0.39, 0.29) is 0 Å². The van der Waals surface area contributed by atoms with Gasteiger partial charge in [-0.3, -0.25) is 20.1 Å². The fourth-order valence-corrected chi connectivity index (χ4v) is 2.12. The summed E-state index contributed by atoms with van der Waals surface area (Å²) in [6.45, 7) is 0. The van der Waals surface area contributed by atoms with Gasteiger partial charge in [0.25, 0.3) is 5.91 Å². The molecule has 0 saturated carbocycles. The Hall–Kier alpha value is -2.76. The van der Waals surface area contributed by atoms with Gasteiger partial charge >= 0.3 is 6.03 Å². The fraction of sp³-hybridized carbons (Fsp3) is 0.0769. The van der Waals surface area contributed by atoms with Gasteiger partial charge in [-0.1, -0.05) is 12.1 Å². The van der Waals surface area contributed by atoms with Crippen LogP contribution < -0.4 is 10.6 Å². The zero-order valence-electron chi connectivity index (χ0n) is 9.83. The minimum atomic E-state index is -1.36. The minimum absolute atomic E-state index is 0.428. The maximum Gasteiger partial charge on any atom is 0.322 e. The Morgan fingerprint density at radius 1 is 0.895 bits per heavy atom. The molecule has 1 fully saturated rings. The van der Waals surface area contributed by atoms with Crippen molar-refractivity contribution in [1.82, 2.24) is 20.6 Å². The van der Waals surface area contributed by atoms with Crippen molar-refractivity contribution in [3.63, 3.8) is 0 Å². The number of carbonyl (C=O) groups excluding carboxylic acids is 2. The number of rotatable bonds is 2. The Morgan fingerprint density at radius 2 is 1.47 bits per heavy atom. The number of aromatic nitrogens is 2. The van der Waals surface area contributed by atoms with E-state index in [4.69, 9.17) is 0 Å². The Morgan fingerprint density at radius 3 is 1.84 bits per heavy atom. The predicted octanol–water partition coefficient (Wildman–Crippen LogP) is 0.560. The lowest BCUT2D eigenvalue weighted by molar-refractivity contribution is -0.123. The highest BCUT2D eigenvalue weighted by atomic mass is 16.2. The number of urea groups is 1. The molecule has 2 aromatic rings. The van der Waals surface area contributed by atoms with E-state index in [1.807, 2.05) is 0 Å². The first-order valence-corrected chi connectivity index (χ1v) is 5.70. The van der Waals surface area contributed by atoms with Gasteiger partial charge < -0.3 is 5.32 Å². The maximum atomic E-state index is 12.2. The third-order valence-corrected chi connectivity index (χ3v) is 2.97. The first kappa shape index (κ1) is 11.3. The number of amides is 3. The summed E-state index contributed by atoms with van der Waals surface area (Å²) >= 11 is 0. The van der Waals surface area contributed by atoms with Crippen molar-refractivity contribution in [2.24, 2.45) is 0 Å². The maximum absolute atomic E-state index is 12.2. The summed E-state index contributed by atoms with van der Waals surface area (Å²) < 4.78 is 0. The summed E-state index contributed by atoms with van der Waals surface area (Å²) in [5.41, 5.74) is -0.506. The van der Waals surface area contributed by atoms with E-state index in [1.54, 1.807) is 48.8 Å². The van der Waals surface area contributed by atoms with Crippen LogP contribution in [0.25, 0.3) is 0 Å². The summed E-state index contributed by atoms with van der Waals surface area (Å²) in [4.78, 5) is 32.1. The molecule has 0 spiro atoms. The van der Waals surface area contributed by atoms with Crippen LogP contribution in [-0.2, 0) is 10.3 Å². The first-order chi connectivity index (χ1) is 9.23. The number of hydrogen-bond acceptors (Lipinski definition) is 4. The van der Waals surface area contributed by atoms with Crippen LogP contribution in [0.5, 0.6) is 0 Å². The van der Waals surface area contributed by atoms with Crippen molar-refractivity contribution in [1.29, 1.82) is 0 Å². The van der Waals surface area contributed by atoms with Gasteiger partial charge in [0.1, 0.15) is 0 Å². The van der Waals surface area contributed by atoms with Gasteiger partial charge in [0.05, 0.1) is 11.4 Å². The van der Waals surface area contributed by atoms with Crippen molar-refractivity contribution >= 4 is 11.9 Å². The smallest absolute Gasteiger partial charge is 0.313 e. The molecular formula is C13H10N4O2. The lowest BCUT2D eigenvalue weighted by atomic mass is 9.90. The predicted molar refractivity (Wildman–Crippen MR) is 65.9 cm³/mol. The third-order valence-electron chi connectivity index (χ3n) is 2.97. The molecule has 2 N–H and O–H groups in total. The standard InChI is InChI=1S/C13H10N4O2/c18-11-13(17-12(19)16-11,9-5-1-3-7-14-9)10-6-2-4-8-15-10/h1-8H,(H2,16,17,18,19). The molecule has 0 unspecified atom stereocenters. The normalized spacial score (nSPS) is 16.8. The van der Waals surface area contributed by atoms with Crippen LogP contribution >= 0.6 is 0 Å². The van der Waals surface area contributed by atoms with E-state index in [0.717, 1.165) is 0 Å². The van der Waals surface area contributed by atoms with E-state index in [9.17, 15) is 9.59 Å². The minimum Gasteiger partial charge on any atom is -0.313 e. The largest absolute Gasteiger partial charge is 0.322 e. The van der Waals surface area contributed by atoms with E-state index in [0.29, 0.717) is 11.4 Å². The number of nitrogens with zero attached hydrogens (tertiary/aromatic N) is 2. The molecule has 3 rings (SSSR count). The molecule has 1 aliphatic rings. The third kappa shape index (κ3) is 1.65. The van der Waals surface area contributed by atoms with Gasteiger partial charge in [0.2, 0.25) is 5.54 Å². The highest BCUT2D eigenvalue weighted by molar-refractivity contribution is 6.09. The van der Waals surface area contributed by atoms with E-state index in [2.05, 4.69) is 20.6 Å². The second kappa shape index (κ2) is 4.16. The second-order valence-electron chi connectivity index (χ2n) is 4.09. The molecule has 0 bridgehead atoms. The molecule has 0 atom stereocenters. The van der Waals surface area contributed by atoms with Gasteiger partial charge in [-0.2, -0.15) is 0 Å². The van der Waals surface area contributed by atoms with Crippen LogP contribution in [0.3, 0.4) is 0 Å². The molecule has 94 valence electrons. The van der Waals surface area contributed by atoms with Crippen LogP contribution in [0.1, 0.15) is 11.4 Å². The van der Waals surface area contributed by atoms with Gasteiger partial charge in [0, 0.05) is 12.4 Å². The Bertz CT molecular complexity index is 588. The average Bonchev–Trinajstić information content (AvgIpc) is 2.76. The van der Waals surface area contributed by atoms with Crippen LogP contribution in [-0.4, -0.2) is 21.9 Å². The Balaban J connectivity index is 2.23. The zero-order chi connectivity index (χ0) is 13.3. The molecule has 0 aromatic carbocycles. The van der Waals surface area contributed by atoms with Crippen molar-refractivity contribution in [2.45, 2.75) is 5.54 Å². The molecule has 19 heavy (non-hydrogen) atoms. The van der Waals surface area contributed by atoms with Crippen molar-refractivity contribution in [3.8, 4) is 0 Å². The Labute approximate surface area is 108 Å². The van der Waals surface area contributed by atoms with Gasteiger partial charge in [-0.05, 0) is 24.3 Å². The summed E-state index contributed by atoms with van der Waals surface area (Å²) in [7, 11) is 0. The van der Waals surface area contributed by atoms with Crippen LogP contribution in [0.4, 0.5) is 4.79 Å². The molecular weight excluding hydrogens is 244 g/mol. The second-order valence-corrected chi connectivity index (χ2v) is 4.09. The molecule has 2 aromatic heterocycles. The number of pyridine rings is 2. The number of nitrogens with one attached hydrogen (secondary N) is 2. The average molecular weight is 254 g/mol. The van der Waals surface area contributed by atoms with Crippen LogP contribution in [0.2, 0.25) is 0 Å².